The van der Waals surface area contributed by atoms with Crippen molar-refractivity contribution < 1.29 is 19.1 Å². The molecule has 0 saturated heterocycles. The number of fused-ring (bicyclic) bond motifs is 5. The van der Waals surface area contributed by atoms with E-state index in [0.29, 0.717) is 28.4 Å². The molecule has 45 heavy (non-hydrogen) atoms. The molecular formula is C41H56O4. The number of rotatable bonds is 9. The second-order valence-electron chi connectivity index (χ2n) is 16.2. The maximum absolute atomic E-state index is 13.4. The predicted octanol–water partition coefficient (Wildman–Crippen LogP) is 10.2. The third-order valence-corrected chi connectivity index (χ3v) is 13.4. The van der Waals surface area contributed by atoms with E-state index in [1.807, 2.05) is 36.4 Å². The molecule has 0 spiro atoms. The highest BCUT2D eigenvalue weighted by Crippen LogP contribution is 2.68. The largest absolute Gasteiger partial charge is 0.455 e. The summed E-state index contributed by atoms with van der Waals surface area (Å²) in [5.41, 5.74) is 1.61. The Labute approximate surface area is 272 Å². The van der Waals surface area contributed by atoms with Crippen LogP contribution in [0.25, 0.3) is 0 Å². The van der Waals surface area contributed by atoms with Gasteiger partial charge in [0.1, 0.15) is 12.2 Å². The Kier molecular flexibility index (Phi) is 9.51. The van der Waals surface area contributed by atoms with Gasteiger partial charge < -0.3 is 9.47 Å². The summed E-state index contributed by atoms with van der Waals surface area (Å²) in [5.74, 6) is 4.43. The highest BCUT2D eigenvalue weighted by molar-refractivity contribution is 5.90. The molecular weight excluding hydrogens is 556 g/mol. The first-order valence-electron chi connectivity index (χ1n) is 18.1. The second-order valence-corrected chi connectivity index (χ2v) is 16.2. The molecule has 7 unspecified atom stereocenters. The first kappa shape index (κ1) is 32.3. The lowest BCUT2D eigenvalue weighted by Gasteiger charge is -2.62. The van der Waals surface area contributed by atoms with Crippen molar-refractivity contribution in [1.82, 2.24) is 0 Å². The van der Waals surface area contributed by atoms with Crippen LogP contribution in [0.15, 0.2) is 60.7 Å². The van der Waals surface area contributed by atoms with Gasteiger partial charge in [0.05, 0.1) is 11.1 Å². The van der Waals surface area contributed by atoms with Gasteiger partial charge in [0, 0.05) is 0 Å². The smallest absolute Gasteiger partial charge is 0.338 e. The van der Waals surface area contributed by atoms with E-state index in [1.54, 1.807) is 24.3 Å². The highest BCUT2D eigenvalue weighted by Gasteiger charge is 2.62. The normalized spacial score (nSPS) is 36.4. The van der Waals surface area contributed by atoms with Crippen LogP contribution in [0.4, 0.5) is 0 Å². The maximum Gasteiger partial charge on any atom is 0.338 e. The molecule has 10 atom stereocenters. The van der Waals surface area contributed by atoms with E-state index >= 15 is 0 Å². The molecule has 4 nitrogen and oxygen atoms in total. The lowest BCUT2D eigenvalue weighted by Crippen LogP contribution is -2.58. The lowest BCUT2D eigenvalue weighted by molar-refractivity contribution is -0.163. The minimum atomic E-state index is -0.448. The second kappa shape index (κ2) is 13.2. The Morgan fingerprint density at radius 1 is 0.733 bits per heavy atom. The summed E-state index contributed by atoms with van der Waals surface area (Å²) in [5, 5.41) is 0. The van der Waals surface area contributed by atoms with Crippen molar-refractivity contribution in [3.8, 4) is 0 Å². The molecule has 6 rings (SSSR count). The lowest BCUT2D eigenvalue weighted by atomic mass is 9.44. The van der Waals surface area contributed by atoms with Crippen molar-refractivity contribution in [3.63, 3.8) is 0 Å². The van der Waals surface area contributed by atoms with Crippen LogP contribution >= 0.6 is 0 Å². The molecule has 2 aromatic rings. The zero-order valence-electron chi connectivity index (χ0n) is 28.4. The third-order valence-electron chi connectivity index (χ3n) is 13.4. The summed E-state index contributed by atoms with van der Waals surface area (Å²) in [4.78, 5) is 26.7. The minimum Gasteiger partial charge on any atom is -0.455 e. The van der Waals surface area contributed by atoms with E-state index in [0.717, 1.165) is 42.4 Å². The van der Waals surface area contributed by atoms with Gasteiger partial charge in [0.2, 0.25) is 0 Å². The molecule has 4 aliphatic carbocycles. The SMILES string of the molecule is CC(C)CCC[C@@H](C)C1CCC2C3CC[C@H]4C[C@H](OC(=O)c5ccccc5)C(OC(=O)c5ccccc5)CC4(C)C3CCC21C. The molecule has 0 radical (unpaired) electrons. The minimum absolute atomic E-state index is 0.0719. The highest BCUT2D eigenvalue weighted by atomic mass is 16.6. The van der Waals surface area contributed by atoms with E-state index < -0.39 is 12.2 Å². The Morgan fingerprint density at radius 2 is 1.33 bits per heavy atom. The summed E-state index contributed by atoms with van der Waals surface area (Å²) in [6.07, 6.45) is 12.6. The Hall–Kier alpha value is -2.62. The van der Waals surface area contributed by atoms with Crippen molar-refractivity contribution in [3.05, 3.63) is 71.8 Å². The Morgan fingerprint density at radius 3 is 1.96 bits per heavy atom. The van der Waals surface area contributed by atoms with E-state index in [-0.39, 0.29) is 17.4 Å². The van der Waals surface area contributed by atoms with Gasteiger partial charge in [0.25, 0.3) is 0 Å². The van der Waals surface area contributed by atoms with E-state index in [4.69, 9.17) is 9.47 Å². The van der Waals surface area contributed by atoms with Crippen LogP contribution in [0.2, 0.25) is 0 Å². The van der Waals surface area contributed by atoms with Gasteiger partial charge in [-0.3, -0.25) is 0 Å². The molecule has 4 saturated carbocycles. The average molecular weight is 613 g/mol. The van der Waals surface area contributed by atoms with Crippen molar-refractivity contribution in [1.29, 1.82) is 0 Å². The van der Waals surface area contributed by atoms with Gasteiger partial charge in [-0.15, -0.1) is 0 Å². The first-order chi connectivity index (χ1) is 21.6. The first-order valence-corrected chi connectivity index (χ1v) is 18.1. The van der Waals surface area contributed by atoms with Crippen molar-refractivity contribution >= 4 is 11.9 Å². The van der Waals surface area contributed by atoms with Crippen LogP contribution in [0.5, 0.6) is 0 Å². The van der Waals surface area contributed by atoms with Gasteiger partial charge in [0.15, 0.2) is 0 Å². The summed E-state index contributed by atoms with van der Waals surface area (Å²) in [6, 6.07) is 18.5. The monoisotopic (exact) mass is 612 g/mol. The summed E-state index contributed by atoms with van der Waals surface area (Å²) in [6.45, 7) is 12.4. The number of benzene rings is 2. The number of hydrogen-bond acceptors (Lipinski definition) is 4. The van der Waals surface area contributed by atoms with Crippen LogP contribution < -0.4 is 0 Å². The third kappa shape index (κ3) is 6.37. The number of esters is 2. The van der Waals surface area contributed by atoms with Crippen LogP contribution in [0.1, 0.15) is 126 Å². The standard InChI is InChI=1S/C41H56O4/c1-27(2)13-12-14-28(3)33-21-22-34-32-20-19-31-25-36(44-38(42)29-15-8-6-9-16-29)37(45-39(43)30-17-10-7-11-18-30)26-41(31,5)35(32)23-24-40(33,34)4/h6-11,15-18,27-28,31-37H,12-14,19-26H2,1-5H3/t28-,31+,32?,33?,34?,35?,36+,37?,40?,41?/m1/s1. The molecule has 4 fully saturated rings. The van der Waals surface area contributed by atoms with E-state index in [1.165, 1.54) is 57.8 Å². The molecule has 0 amide bonds. The number of hydrogen-bond donors (Lipinski definition) is 0. The molecule has 0 bridgehead atoms. The molecule has 4 heteroatoms. The quantitative estimate of drug-likeness (QED) is 0.264. The Balaban J connectivity index is 1.21. The number of carbonyl (C=O) groups is 2. The van der Waals surface area contributed by atoms with Crippen molar-refractivity contribution in [2.75, 3.05) is 0 Å². The molecule has 244 valence electrons. The van der Waals surface area contributed by atoms with Crippen LogP contribution in [-0.2, 0) is 9.47 Å². The van der Waals surface area contributed by atoms with Gasteiger partial charge in [-0.05, 0) is 128 Å². The Bertz CT molecular complexity index is 1310. The van der Waals surface area contributed by atoms with Crippen LogP contribution in [0, 0.1) is 52.3 Å². The van der Waals surface area contributed by atoms with Crippen LogP contribution in [-0.4, -0.2) is 24.1 Å². The van der Waals surface area contributed by atoms with E-state index in [9.17, 15) is 9.59 Å². The number of ether oxygens (including phenoxy) is 2. The van der Waals surface area contributed by atoms with Crippen LogP contribution in [0.3, 0.4) is 0 Å². The van der Waals surface area contributed by atoms with E-state index in [2.05, 4.69) is 34.6 Å². The fraction of sp³-hybridized carbons (Fsp3) is 0.659. The molecule has 0 aliphatic heterocycles. The molecule has 0 heterocycles. The number of carbonyl (C=O) groups excluding carboxylic acids is 2. The zero-order valence-corrected chi connectivity index (χ0v) is 28.4. The fourth-order valence-electron chi connectivity index (χ4n) is 11.1. The van der Waals surface area contributed by atoms with Gasteiger partial charge >= 0.3 is 11.9 Å². The fourth-order valence-corrected chi connectivity index (χ4v) is 11.1. The van der Waals surface area contributed by atoms with Crippen molar-refractivity contribution in [2.24, 2.45) is 52.3 Å². The maximum atomic E-state index is 13.4. The molecule has 0 N–H and O–H groups in total. The van der Waals surface area contributed by atoms with Crippen molar-refractivity contribution in [2.45, 2.75) is 117 Å². The zero-order chi connectivity index (χ0) is 31.8. The summed E-state index contributed by atoms with van der Waals surface area (Å²) in [7, 11) is 0. The average Bonchev–Trinajstić information content (AvgIpc) is 3.39. The molecule has 0 aromatic heterocycles. The summed E-state index contributed by atoms with van der Waals surface area (Å²) < 4.78 is 12.5. The topological polar surface area (TPSA) is 52.6 Å². The van der Waals surface area contributed by atoms with Gasteiger partial charge in [-0.1, -0.05) is 90.3 Å². The molecule has 4 aliphatic rings. The predicted molar refractivity (Wildman–Crippen MR) is 180 cm³/mol. The molecule has 2 aromatic carbocycles. The van der Waals surface area contributed by atoms with Gasteiger partial charge in [-0.2, -0.15) is 0 Å². The summed E-state index contributed by atoms with van der Waals surface area (Å²) >= 11 is 0. The van der Waals surface area contributed by atoms with Gasteiger partial charge in [-0.25, -0.2) is 9.59 Å².